The first-order valence-electron chi connectivity index (χ1n) is 5.88. The largest absolute Gasteiger partial charge is 0.493 e. The molecule has 16 heavy (non-hydrogen) atoms. The average Bonchev–Trinajstić information content (AvgIpc) is 2.28. The van der Waals surface area contributed by atoms with Crippen molar-refractivity contribution < 1.29 is 4.74 Å². The van der Waals surface area contributed by atoms with Gasteiger partial charge in [-0.15, -0.1) is 0 Å². The van der Waals surface area contributed by atoms with Crippen LogP contribution in [0.25, 0.3) is 0 Å². The first-order chi connectivity index (χ1) is 7.72. The fourth-order valence-corrected chi connectivity index (χ4v) is 2.64. The average molecular weight is 331 g/mol. The highest BCUT2D eigenvalue weighted by molar-refractivity contribution is 14.1. The summed E-state index contributed by atoms with van der Waals surface area (Å²) in [5.41, 5.74) is 1.32. The van der Waals surface area contributed by atoms with Crippen molar-refractivity contribution in [2.75, 3.05) is 13.2 Å². The molecule has 1 heterocycles. The fourth-order valence-electron chi connectivity index (χ4n) is 2.13. The Morgan fingerprint density at radius 3 is 3.06 bits per heavy atom. The van der Waals surface area contributed by atoms with Gasteiger partial charge in [-0.25, -0.2) is 0 Å². The van der Waals surface area contributed by atoms with Gasteiger partial charge in [0.2, 0.25) is 0 Å². The lowest BCUT2D eigenvalue weighted by atomic mass is 9.92. The number of benzene rings is 1. The van der Waals surface area contributed by atoms with Crippen LogP contribution >= 0.6 is 22.6 Å². The fraction of sp³-hybridized carbons (Fsp3) is 0.538. The predicted molar refractivity (Wildman–Crippen MR) is 74.9 cm³/mol. The van der Waals surface area contributed by atoms with Gasteiger partial charge in [-0.1, -0.05) is 13.8 Å². The van der Waals surface area contributed by atoms with E-state index in [-0.39, 0.29) is 0 Å². The Kier molecular flexibility index (Phi) is 4.08. The van der Waals surface area contributed by atoms with Gasteiger partial charge in [-0.2, -0.15) is 0 Å². The van der Waals surface area contributed by atoms with E-state index in [0.717, 1.165) is 18.9 Å². The van der Waals surface area contributed by atoms with Crippen molar-refractivity contribution in [1.29, 1.82) is 0 Å². The van der Waals surface area contributed by atoms with E-state index in [1.165, 1.54) is 15.6 Å². The first kappa shape index (κ1) is 12.2. The van der Waals surface area contributed by atoms with Crippen LogP contribution in [-0.4, -0.2) is 13.2 Å². The molecular formula is C13H18INO. The monoisotopic (exact) mass is 331 g/mol. The maximum atomic E-state index is 5.76. The zero-order valence-corrected chi connectivity index (χ0v) is 12.0. The summed E-state index contributed by atoms with van der Waals surface area (Å²) in [7, 11) is 0. The number of halogens is 1. The van der Waals surface area contributed by atoms with E-state index in [0.29, 0.717) is 12.0 Å². The van der Waals surface area contributed by atoms with Gasteiger partial charge in [0.15, 0.2) is 0 Å². The minimum absolute atomic E-state index is 0.443. The second-order valence-corrected chi connectivity index (χ2v) is 5.65. The number of nitrogens with one attached hydrogen (secondary N) is 1. The summed E-state index contributed by atoms with van der Waals surface area (Å²) in [6.45, 7) is 6.33. The Hall–Kier alpha value is -0.290. The molecule has 0 fully saturated rings. The highest BCUT2D eigenvalue weighted by Crippen LogP contribution is 2.36. The van der Waals surface area contributed by atoms with Crippen molar-refractivity contribution >= 4 is 22.6 Å². The molecule has 1 aliphatic rings. The lowest BCUT2D eigenvalue weighted by Gasteiger charge is -2.32. The summed E-state index contributed by atoms with van der Waals surface area (Å²) >= 11 is 2.36. The van der Waals surface area contributed by atoms with Crippen LogP contribution in [-0.2, 0) is 0 Å². The lowest BCUT2D eigenvalue weighted by Crippen LogP contribution is -2.34. The van der Waals surface area contributed by atoms with E-state index >= 15 is 0 Å². The third-order valence-electron chi connectivity index (χ3n) is 2.99. The van der Waals surface area contributed by atoms with Gasteiger partial charge in [0, 0.05) is 21.1 Å². The molecule has 88 valence electrons. The number of fused-ring (bicyclic) bond motifs is 1. The predicted octanol–water partition coefficient (Wildman–Crippen LogP) is 3.36. The van der Waals surface area contributed by atoms with Crippen LogP contribution in [0.15, 0.2) is 18.2 Å². The van der Waals surface area contributed by atoms with Crippen LogP contribution in [0.4, 0.5) is 0 Å². The molecule has 0 spiro atoms. The number of hydrogen-bond acceptors (Lipinski definition) is 2. The molecule has 2 rings (SSSR count). The number of rotatable bonds is 3. The molecule has 1 aliphatic heterocycles. The van der Waals surface area contributed by atoms with Crippen molar-refractivity contribution in [2.45, 2.75) is 26.3 Å². The Labute approximate surface area is 111 Å². The Morgan fingerprint density at radius 2 is 2.31 bits per heavy atom. The molecule has 0 saturated carbocycles. The normalized spacial score (nSPS) is 23.7. The van der Waals surface area contributed by atoms with E-state index in [1.807, 2.05) is 0 Å². The van der Waals surface area contributed by atoms with Crippen LogP contribution < -0.4 is 10.1 Å². The van der Waals surface area contributed by atoms with E-state index in [2.05, 4.69) is 60.0 Å². The van der Waals surface area contributed by atoms with Gasteiger partial charge < -0.3 is 10.1 Å². The molecule has 0 bridgehead atoms. The van der Waals surface area contributed by atoms with Crippen molar-refractivity contribution in [3.63, 3.8) is 0 Å². The van der Waals surface area contributed by atoms with Crippen molar-refractivity contribution in [3.05, 3.63) is 27.3 Å². The molecule has 0 radical (unpaired) electrons. The van der Waals surface area contributed by atoms with Gasteiger partial charge >= 0.3 is 0 Å². The highest BCUT2D eigenvalue weighted by Gasteiger charge is 2.27. The SMILES string of the molecule is CCCNC1c2cc(I)ccc2OCC1C. The van der Waals surface area contributed by atoms with Crippen LogP contribution in [0.5, 0.6) is 5.75 Å². The van der Waals surface area contributed by atoms with Gasteiger partial charge in [-0.3, -0.25) is 0 Å². The molecule has 0 saturated heterocycles. The van der Waals surface area contributed by atoms with Crippen LogP contribution in [0.2, 0.25) is 0 Å². The maximum absolute atomic E-state index is 5.76. The Balaban J connectivity index is 2.27. The van der Waals surface area contributed by atoms with Gasteiger partial charge in [0.1, 0.15) is 5.75 Å². The van der Waals surface area contributed by atoms with Gasteiger partial charge in [0.25, 0.3) is 0 Å². The Morgan fingerprint density at radius 1 is 1.50 bits per heavy atom. The van der Waals surface area contributed by atoms with Gasteiger partial charge in [0.05, 0.1) is 6.61 Å². The molecule has 0 aromatic heterocycles. The summed E-state index contributed by atoms with van der Waals surface area (Å²) in [6, 6.07) is 6.87. The lowest BCUT2D eigenvalue weighted by molar-refractivity contribution is 0.189. The Bertz CT molecular complexity index is 367. The minimum Gasteiger partial charge on any atom is -0.493 e. The van der Waals surface area contributed by atoms with Gasteiger partial charge in [-0.05, 0) is 53.8 Å². The summed E-state index contributed by atoms with van der Waals surface area (Å²) in [5, 5.41) is 3.62. The molecule has 2 atom stereocenters. The molecule has 1 N–H and O–H groups in total. The summed E-state index contributed by atoms with van der Waals surface area (Å²) < 4.78 is 7.03. The molecule has 3 heteroatoms. The van der Waals surface area contributed by atoms with E-state index in [4.69, 9.17) is 4.74 Å². The zero-order chi connectivity index (χ0) is 11.5. The zero-order valence-electron chi connectivity index (χ0n) is 9.79. The molecule has 2 unspecified atom stereocenters. The standard InChI is InChI=1S/C13H18INO/c1-3-6-15-13-9(2)8-16-12-5-4-10(14)7-11(12)13/h4-5,7,9,13,15H,3,6,8H2,1-2H3. The second kappa shape index (κ2) is 5.36. The highest BCUT2D eigenvalue weighted by atomic mass is 127. The molecule has 1 aromatic carbocycles. The van der Waals surface area contributed by atoms with Crippen LogP contribution in [0.3, 0.4) is 0 Å². The molecule has 0 aliphatic carbocycles. The second-order valence-electron chi connectivity index (χ2n) is 4.40. The van der Waals surface area contributed by atoms with Crippen molar-refractivity contribution in [2.24, 2.45) is 5.92 Å². The molecule has 2 nitrogen and oxygen atoms in total. The smallest absolute Gasteiger partial charge is 0.124 e. The van der Waals surface area contributed by atoms with Crippen LogP contribution in [0, 0.1) is 9.49 Å². The summed E-state index contributed by atoms with van der Waals surface area (Å²) in [5.74, 6) is 1.59. The first-order valence-corrected chi connectivity index (χ1v) is 6.96. The third kappa shape index (κ3) is 2.51. The topological polar surface area (TPSA) is 21.3 Å². The van der Waals surface area contributed by atoms with Crippen LogP contribution in [0.1, 0.15) is 31.9 Å². The molecule has 1 aromatic rings. The third-order valence-corrected chi connectivity index (χ3v) is 3.66. The molecule has 0 amide bonds. The molecular weight excluding hydrogens is 313 g/mol. The minimum atomic E-state index is 0.443. The van der Waals surface area contributed by atoms with E-state index in [9.17, 15) is 0 Å². The number of ether oxygens (including phenoxy) is 1. The van der Waals surface area contributed by atoms with E-state index in [1.54, 1.807) is 0 Å². The maximum Gasteiger partial charge on any atom is 0.124 e. The van der Waals surface area contributed by atoms with Crippen molar-refractivity contribution in [1.82, 2.24) is 5.32 Å². The quantitative estimate of drug-likeness (QED) is 0.858. The van der Waals surface area contributed by atoms with Crippen molar-refractivity contribution in [3.8, 4) is 5.75 Å². The summed E-state index contributed by atoms with van der Waals surface area (Å²) in [4.78, 5) is 0. The summed E-state index contributed by atoms with van der Waals surface area (Å²) in [6.07, 6.45) is 1.17. The number of hydrogen-bond donors (Lipinski definition) is 1. The van der Waals surface area contributed by atoms with E-state index < -0.39 is 0 Å².